The van der Waals surface area contributed by atoms with Gasteiger partial charge in [-0.3, -0.25) is 4.79 Å². The van der Waals surface area contributed by atoms with E-state index in [2.05, 4.69) is 9.73 Å². The molecule has 3 N–H and O–H groups in total. The minimum absolute atomic E-state index is 0.116. The molecule has 1 aromatic rings. The Morgan fingerprint density at radius 2 is 2.00 bits per heavy atom. The largest absolute Gasteiger partial charge is 0.468 e. The standard InChI is InChI=1S/C15H17F3N2O3S/c1-13(19,12(21)23-2)7-9-3-5-10(6-4-9)11-20-14(22,8-24-11)15(16,17)18/h3-6,22H,7-8,19H2,1-2H3. The van der Waals surface area contributed by atoms with E-state index < -0.39 is 29.2 Å². The van der Waals surface area contributed by atoms with Crippen molar-refractivity contribution in [3.8, 4) is 0 Å². The average Bonchev–Trinajstić information content (AvgIpc) is 2.90. The Kier molecular flexibility index (Phi) is 4.98. The Labute approximate surface area is 141 Å². The Hall–Kier alpha value is -1.58. The van der Waals surface area contributed by atoms with Crippen LogP contribution >= 0.6 is 11.8 Å². The maximum absolute atomic E-state index is 12.8. The molecule has 24 heavy (non-hydrogen) atoms. The molecule has 0 saturated heterocycles. The van der Waals surface area contributed by atoms with Crippen molar-refractivity contribution in [2.24, 2.45) is 10.7 Å². The number of aliphatic imine (C=N–C) groups is 1. The fourth-order valence-electron chi connectivity index (χ4n) is 2.19. The van der Waals surface area contributed by atoms with Crippen molar-refractivity contribution in [3.05, 3.63) is 35.4 Å². The first-order valence-electron chi connectivity index (χ1n) is 6.97. The van der Waals surface area contributed by atoms with Crippen LogP contribution in [-0.4, -0.2) is 46.4 Å². The number of halogens is 3. The number of carbonyl (C=O) groups is 1. The van der Waals surface area contributed by atoms with Crippen LogP contribution in [0.3, 0.4) is 0 Å². The van der Waals surface area contributed by atoms with Crippen LogP contribution in [0.5, 0.6) is 0 Å². The van der Waals surface area contributed by atoms with Gasteiger partial charge in [0, 0.05) is 12.0 Å². The van der Waals surface area contributed by atoms with E-state index in [0.717, 1.165) is 17.3 Å². The zero-order valence-corrected chi connectivity index (χ0v) is 13.9. The number of aliphatic hydroxyl groups is 1. The number of ether oxygens (including phenoxy) is 1. The predicted octanol–water partition coefficient (Wildman–Crippen LogP) is 1.86. The fourth-order valence-corrected chi connectivity index (χ4v) is 3.27. The van der Waals surface area contributed by atoms with E-state index in [9.17, 15) is 23.1 Å². The minimum atomic E-state index is -4.82. The van der Waals surface area contributed by atoms with Gasteiger partial charge in [0.05, 0.1) is 12.9 Å². The molecule has 0 aromatic heterocycles. The smallest absolute Gasteiger partial charge is 0.439 e. The van der Waals surface area contributed by atoms with Crippen molar-refractivity contribution in [1.29, 1.82) is 0 Å². The molecule has 9 heteroatoms. The second kappa shape index (κ2) is 6.38. The highest BCUT2D eigenvalue weighted by atomic mass is 32.2. The molecule has 0 aliphatic carbocycles. The van der Waals surface area contributed by atoms with Gasteiger partial charge in [0.1, 0.15) is 10.6 Å². The zero-order valence-electron chi connectivity index (χ0n) is 13.1. The topological polar surface area (TPSA) is 84.9 Å². The molecule has 132 valence electrons. The second-order valence-electron chi connectivity index (χ2n) is 5.80. The van der Waals surface area contributed by atoms with Gasteiger partial charge in [-0.2, -0.15) is 13.2 Å². The van der Waals surface area contributed by atoms with Gasteiger partial charge in [-0.15, -0.1) is 11.8 Å². The minimum Gasteiger partial charge on any atom is -0.468 e. The normalized spacial score (nSPS) is 23.5. The van der Waals surface area contributed by atoms with Gasteiger partial charge in [0.25, 0.3) is 5.72 Å². The van der Waals surface area contributed by atoms with Crippen LogP contribution in [0.4, 0.5) is 13.2 Å². The Balaban J connectivity index is 2.16. The SMILES string of the molecule is COC(=O)C(C)(N)Cc1ccc(C2=NC(O)(C(F)(F)F)CS2)cc1. The van der Waals surface area contributed by atoms with Gasteiger partial charge in [0.2, 0.25) is 0 Å². The highest BCUT2D eigenvalue weighted by Gasteiger charge is 2.56. The Morgan fingerprint density at radius 1 is 1.42 bits per heavy atom. The maximum atomic E-state index is 12.8. The highest BCUT2D eigenvalue weighted by Crippen LogP contribution is 2.40. The van der Waals surface area contributed by atoms with E-state index in [0.29, 0.717) is 5.56 Å². The molecular weight excluding hydrogens is 345 g/mol. The number of carbonyl (C=O) groups excluding carboxylic acids is 1. The molecule has 1 aliphatic heterocycles. The molecule has 1 heterocycles. The van der Waals surface area contributed by atoms with Crippen molar-refractivity contribution in [1.82, 2.24) is 0 Å². The lowest BCUT2D eigenvalue weighted by atomic mass is 9.93. The first kappa shape index (κ1) is 18.8. The second-order valence-corrected chi connectivity index (χ2v) is 6.77. The quantitative estimate of drug-likeness (QED) is 0.799. The molecule has 0 bridgehead atoms. The number of hydrogen-bond acceptors (Lipinski definition) is 6. The summed E-state index contributed by atoms with van der Waals surface area (Å²) < 4.78 is 42.9. The van der Waals surface area contributed by atoms with Crippen LogP contribution in [0.15, 0.2) is 29.3 Å². The summed E-state index contributed by atoms with van der Waals surface area (Å²) >= 11 is 0.838. The molecule has 5 nitrogen and oxygen atoms in total. The molecule has 1 aliphatic rings. The molecular formula is C15H17F3N2O3S. The van der Waals surface area contributed by atoms with Crippen molar-refractivity contribution < 1.29 is 27.8 Å². The number of methoxy groups -OCH3 is 1. The van der Waals surface area contributed by atoms with Crippen molar-refractivity contribution in [2.45, 2.75) is 30.8 Å². The van der Waals surface area contributed by atoms with E-state index in [1.165, 1.54) is 14.0 Å². The van der Waals surface area contributed by atoms with Crippen LogP contribution in [0.1, 0.15) is 18.1 Å². The summed E-state index contributed by atoms with van der Waals surface area (Å²) in [4.78, 5) is 15.0. The number of benzene rings is 1. The van der Waals surface area contributed by atoms with Crippen LogP contribution in [-0.2, 0) is 16.0 Å². The lowest BCUT2D eigenvalue weighted by molar-refractivity contribution is -0.245. The van der Waals surface area contributed by atoms with Gasteiger partial charge in [-0.1, -0.05) is 24.3 Å². The van der Waals surface area contributed by atoms with Crippen molar-refractivity contribution in [2.75, 3.05) is 12.9 Å². The number of thioether (sulfide) groups is 1. The molecule has 0 fully saturated rings. The lowest BCUT2D eigenvalue weighted by Crippen LogP contribution is -2.47. The average molecular weight is 362 g/mol. The van der Waals surface area contributed by atoms with Crippen molar-refractivity contribution >= 4 is 22.8 Å². The molecule has 0 radical (unpaired) electrons. The van der Waals surface area contributed by atoms with E-state index in [1.54, 1.807) is 24.3 Å². The summed E-state index contributed by atoms with van der Waals surface area (Å²) in [7, 11) is 1.24. The molecule has 1 aromatic carbocycles. The molecule has 2 rings (SSSR count). The fraction of sp³-hybridized carbons (Fsp3) is 0.467. The third-order valence-corrected chi connectivity index (χ3v) is 4.72. The van der Waals surface area contributed by atoms with Crippen LogP contribution in [0.2, 0.25) is 0 Å². The van der Waals surface area contributed by atoms with Crippen LogP contribution < -0.4 is 5.73 Å². The number of hydrogen-bond donors (Lipinski definition) is 2. The zero-order chi connectivity index (χ0) is 18.2. The summed E-state index contributed by atoms with van der Waals surface area (Å²) in [5, 5.41) is 9.67. The Bertz CT molecular complexity index is 659. The number of nitrogens with zero attached hydrogens (tertiary/aromatic N) is 1. The summed E-state index contributed by atoms with van der Waals surface area (Å²) in [6, 6.07) is 6.46. The summed E-state index contributed by atoms with van der Waals surface area (Å²) in [5.74, 6) is -1.13. The lowest BCUT2D eigenvalue weighted by Gasteiger charge is -2.21. The first-order valence-corrected chi connectivity index (χ1v) is 7.95. The molecule has 0 spiro atoms. The van der Waals surface area contributed by atoms with E-state index in [-0.39, 0.29) is 11.5 Å². The van der Waals surface area contributed by atoms with Gasteiger partial charge >= 0.3 is 12.1 Å². The van der Waals surface area contributed by atoms with Crippen LogP contribution in [0.25, 0.3) is 0 Å². The maximum Gasteiger partial charge on any atom is 0.439 e. The predicted molar refractivity (Wildman–Crippen MR) is 84.8 cm³/mol. The number of nitrogens with two attached hydrogens (primary N) is 1. The molecule has 2 unspecified atom stereocenters. The van der Waals surface area contributed by atoms with Crippen LogP contribution in [0, 0.1) is 0 Å². The Morgan fingerprint density at radius 3 is 2.46 bits per heavy atom. The number of rotatable bonds is 4. The van der Waals surface area contributed by atoms with Gasteiger partial charge in [-0.25, -0.2) is 4.99 Å². The van der Waals surface area contributed by atoms with Gasteiger partial charge < -0.3 is 15.6 Å². The van der Waals surface area contributed by atoms with E-state index in [4.69, 9.17) is 5.73 Å². The van der Waals surface area contributed by atoms with E-state index >= 15 is 0 Å². The van der Waals surface area contributed by atoms with Crippen molar-refractivity contribution in [3.63, 3.8) is 0 Å². The highest BCUT2D eigenvalue weighted by molar-refractivity contribution is 8.14. The first-order chi connectivity index (χ1) is 11.0. The molecule has 2 atom stereocenters. The van der Waals surface area contributed by atoms with E-state index in [1.807, 2.05) is 0 Å². The summed E-state index contributed by atoms with van der Waals surface area (Å²) in [6.45, 7) is 1.53. The number of esters is 1. The van der Waals surface area contributed by atoms with Gasteiger partial charge in [-0.05, 0) is 12.5 Å². The monoisotopic (exact) mass is 362 g/mol. The summed E-state index contributed by atoms with van der Waals surface area (Å²) in [6.07, 6.45) is -4.60. The summed E-state index contributed by atoms with van der Waals surface area (Å²) in [5.41, 5.74) is 2.82. The molecule has 0 saturated carbocycles. The third kappa shape index (κ3) is 3.73. The number of alkyl halides is 3. The van der Waals surface area contributed by atoms with Gasteiger partial charge in [0.15, 0.2) is 0 Å². The third-order valence-electron chi connectivity index (χ3n) is 3.57. The molecule has 0 amide bonds.